The third kappa shape index (κ3) is 3.28. The van der Waals surface area contributed by atoms with Gasteiger partial charge in [0, 0.05) is 5.69 Å². The van der Waals surface area contributed by atoms with Crippen molar-refractivity contribution in [1.82, 2.24) is 10.3 Å². The number of hydrogen-bond acceptors (Lipinski definition) is 2. The first-order chi connectivity index (χ1) is 10.1. The summed E-state index contributed by atoms with van der Waals surface area (Å²) >= 11 is 11.6. The number of urea groups is 1. The van der Waals surface area contributed by atoms with Crippen molar-refractivity contribution in [2.24, 2.45) is 0 Å². The second kappa shape index (κ2) is 5.92. The highest BCUT2D eigenvalue weighted by atomic mass is 35.5. The monoisotopic (exact) mass is 321 g/mol. The molecule has 1 aromatic carbocycles. The molecule has 1 heterocycles. The lowest BCUT2D eigenvalue weighted by Crippen LogP contribution is -2.31. The number of hydrogen-bond donors (Lipinski definition) is 2. The maximum Gasteiger partial charge on any atom is 0.319 e. The highest BCUT2D eigenvalue weighted by molar-refractivity contribution is 6.32. The normalized spacial score (nSPS) is 16.4. The van der Waals surface area contributed by atoms with Crippen LogP contribution in [-0.4, -0.2) is 11.0 Å². The van der Waals surface area contributed by atoms with E-state index in [1.165, 1.54) is 11.1 Å². The number of carbonyl (C=O) groups is 1. The van der Waals surface area contributed by atoms with E-state index in [1.807, 2.05) is 18.2 Å². The van der Waals surface area contributed by atoms with Crippen LogP contribution in [0.1, 0.15) is 23.6 Å². The molecule has 108 valence electrons. The largest absolute Gasteiger partial charge is 0.331 e. The van der Waals surface area contributed by atoms with Gasteiger partial charge in [0.15, 0.2) is 0 Å². The van der Waals surface area contributed by atoms with Gasteiger partial charge in [0.1, 0.15) is 10.3 Å². The third-order valence-electron chi connectivity index (χ3n) is 3.46. The Hall–Kier alpha value is -1.78. The van der Waals surface area contributed by atoms with Gasteiger partial charge in [0.25, 0.3) is 0 Å². The van der Waals surface area contributed by atoms with Crippen LogP contribution in [0.3, 0.4) is 0 Å². The second-order valence-electron chi connectivity index (χ2n) is 4.89. The summed E-state index contributed by atoms with van der Waals surface area (Å²) in [6, 6.07) is 11.0. The fourth-order valence-electron chi connectivity index (χ4n) is 2.57. The Kier molecular flexibility index (Phi) is 3.99. The molecule has 3 rings (SSSR count). The molecule has 0 bridgehead atoms. The molecule has 0 saturated heterocycles. The number of aromatic nitrogens is 1. The van der Waals surface area contributed by atoms with E-state index in [9.17, 15) is 4.79 Å². The van der Waals surface area contributed by atoms with Crippen molar-refractivity contribution in [3.05, 3.63) is 57.8 Å². The lowest BCUT2D eigenvalue weighted by molar-refractivity contribution is 0.248. The Balaban J connectivity index is 1.68. The maximum atomic E-state index is 12.1. The van der Waals surface area contributed by atoms with Crippen molar-refractivity contribution in [2.45, 2.75) is 18.9 Å². The fourth-order valence-corrected chi connectivity index (χ4v) is 3.03. The summed E-state index contributed by atoms with van der Waals surface area (Å²) in [6.07, 6.45) is 1.89. The molecule has 4 nitrogen and oxygen atoms in total. The molecule has 2 amide bonds. The number of nitrogens with one attached hydrogen (secondary N) is 2. The Labute approximate surface area is 132 Å². The Morgan fingerprint density at radius 2 is 1.90 bits per heavy atom. The number of rotatable bonds is 2. The molecule has 0 aliphatic heterocycles. The molecule has 21 heavy (non-hydrogen) atoms. The highest BCUT2D eigenvalue weighted by Gasteiger charge is 2.23. The van der Waals surface area contributed by atoms with Gasteiger partial charge >= 0.3 is 6.03 Å². The third-order valence-corrected chi connectivity index (χ3v) is 3.85. The summed E-state index contributed by atoms with van der Waals surface area (Å²) in [7, 11) is 0. The molecule has 6 heteroatoms. The molecule has 0 saturated carbocycles. The van der Waals surface area contributed by atoms with Crippen molar-refractivity contribution in [2.75, 3.05) is 5.32 Å². The highest BCUT2D eigenvalue weighted by Crippen LogP contribution is 2.30. The lowest BCUT2D eigenvalue weighted by Gasteiger charge is -2.15. The number of carbonyl (C=O) groups excluding carboxylic acids is 1. The van der Waals surface area contributed by atoms with Crippen LogP contribution in [0.25, 0.3) is 0 Å². The number of nitrogens with zero attached hydrogens (tertiary/aromatic N) is 1. The zero-order valence-corrected chi connectivity index (χ0v) is 12.6. The van der Waals surface area contributed by atoms with Gasteiger partial charge in [-0.05, 0) is 36.1 Å². The van der Waals surface area contributed by atoms with Gasteiger partial charge in [0.2, 0.25) is 0 Å². The number of amides is 2. The number of halogens is 2. The van der Waals surface area contributed by atoms with Crippen molar-refractivity contribution in [1.29, 1.82) is 0 Å². The molecule has 0 radical (unpaired) electrons. The average Bonchev–Trinajstić information content (AvgIpc) is 2.81. The molecule has 0 fully saturated rings. The van der Waals surface area contributed by atoms with Crippen LogP contribution >= 0.6 is 23.2 Å². The number of aryl methyl sites for hydroxylation is 1. The summed E-state index contributed by atoms with van der Waals surface area (Å²) < 4.78 is 0. The van der Waals surface area contributed by atoms with Crippen LogP contribution in [0.5, 0.6) is 0 Å². The molecular formula is C15H13Cl2N3O. The van der Waals surface area contributed by atoms with E-state index >= 15 is 0 Å². The summed E-state index contributed by atoms with van der Waals surface area (Å²) in [4.78, 5) is 15.9. The van der Waals surface area contributed by atoms with E-state index in [4.69, 9.17) is 23.2 Å². The van der Waals surface area contributed by atoms with Crippen molar-refractivity contribution in [3.8, 4) is 0 Å². The Bertz CT molecular complexity index is 670. The molecule has 1 aliphatic rings. The second-order valence-corrected chi connectivity index (χ2v) is 5.66. The number of fused-ring (bicyclic) bond motifs is 1. The van der Waals surface area contributed by atoms with E-state index in [2.05, 4.69) is 21.7 Å². The summed E-state index contributed by atoms with van der Waals surface area (Å²) in [5.74, 6) is 0. The topological polar surface area (TPSA) is 54.0 Å². The van der Waals surface area contributed by atoms with Crippen LogP contribution in [0.2, 0.25) is 10.3 Å². The molecule has 2 N–H and O–H groups in total. The van der Waals surface area contributed by atoms with Crippen LogP contribution in [0.15, 0.2) is 36.4 Å². The van der Waals surface area contributed by atoms with Gasteiger partial charge in [-0.1, -0.05) is 47.5 Å². The molecule has 1 unspecified atom stereocenters. The fraction of sp³-hybridized carbons (Fsp3) is 0.200. The number of anilines is 1. The summed E-state index contributed by atoms with van der Waals surface area (Å²) in [5.41, 5.74) is 2.99. The van der Waals surface area contributed by atoms with E-state index < -0.39 is 0 Å². The molecule has 2 aromatic rings. The first-order valence-corrected chi connectivity index (χ1v) is 7.36. The van der Waals surface area contributed by atoms with Crippen LogP contribution in [0, 0.1) is 0 Å². The quantitative estimate of drug-likeness (QED) is 0.814. The minimum absolute atomic E-state index is 0.0361. The molecule has 1 atom stereocenters. The first-order valence-electron chi connectivity index (χ1n) is 6.60. The van der Waals surface area contributed by atoms with E-state index in [1.54, 1.807) is 12.1 Å². The SMILES string of the molecule is O=C(Nc1cc(Cl)nc(Cl)c1)NC1CCc2ccccc21. The van der Waals surface area contributed by atoms with Crippen LogP contribution in [0.4, 0.5) is 10.5 Å². The van der Waals surface area contributed by atoms with E-state index in [0.29, 0.717) is 5.69 Å². The molecular weight excluding hydrogens is 309 g/mol. The van der Waals surface area contributed by atoms with Crippen LogP contribution < -0.4 is 10.6 Å². The minimum Gasteiger partial charge on any atom is -0.331 e. The number of pyridine rings is 1. The van der Waals surface area contributed by atoms with Crippen molar-refractivity contribution in [3.63, 3.8) is 0 Å². The molecule has 0 spiro atoms. The zero-order chi connectivity index (χ0) is 14.8. The predicted octanol–water partition coefficient (Wildman–Crippen LogP) is 4.20. The van der Waals surface area contributed by atoms with Crippen molar-refractivity contribution >= 4 is 34.9 Å². The average molecular weight is 322 g/mol. The Morgan fingerprint density at radius 1 is 1.19 bits per heavy atom. The van der Waals surface area contributed by atoms with Crippen molar-refractivity contribution < 1.29 is 4.79 Å². The molecule has 1 aromatic heterocycles. The van der Waals surface area contributed by atoms with E-state index in [0.717, 1.165) is 12.8 Å². The van der Waals surface area contributed by atoms with Gasteiger partial charge in [-0.15, -0.1) is 0 Å². The lowest BCUT2D eigenvalue weighted by atomic mass is 10.1. The first kappa shape index (κ1) is 14.2. The van der Waals surface area contributed by atoms with Gasteiger partial charge in [-0.3, -0.25) is 0 Å². The van der Waals surface area contributed by atoms with Gasteiger partial charge in [-0.25, -0.2) is 9.78 Å². The van der Waals surface area contributed by atoms with E-state index in [-0.39, 0.29) is 22.4 Å². The predicted molar refractivity (Wildman–Crippen MR) is 83.9 cm³/mol. The van der Waals surface area contributed by atoms with Gasteiger partial charge < -0.3 is 10.6 Å². The maximum absolute atomic E-state index is 12.1. The smallest absolute Gasteiger partial charge is 0.319 e. The summed E-state index contributed by atoms with van der Waals surface area (Å²) in [6.45, 7) is 0. The van der Waals surface area contributed by atoms with Gasteiger partial charge in [0.05, 0.1) is 6.04 Å². The Morgan fingerprint density at radius 3 is 2.67 bits per heavy atom. The molecule has 1 aliphatic carbocycles. The van der Waals surface area contributed by atoms with Gasteiger partial charge in [-0.2, -0.15) is 0 Å². The number of benzene rings is 1. The van der Waals surface area contributed by atoms with Crippen LogP contribution in [-0.2, 0) is 6.42 Å². The summed E-state index contributed by atoms with van der Waals surface area (Å²) in [5, 5.41) is 6.17. The standard InChI is InChI=1S/C15H13Cl2N3O/c16-13-7-10(8-14(17)20-13)18-15(21)19-12-6-5-9-3-1-2-4-11(9)12/h1-4,7-8,12H,5-6H2,(H2,18,19,20,21). The zero-order valence-electron chi connectivity index (χ0n) is 11.1. The minimum atomic E-state index is -0.282.